The Kier molecular flexibility index (Phi) is 6.05. The molecule has 1 rings (SSSR count). The molecular weight excluding hydrogens is 232 g/mol. The van der Waals surface area contributed by atoms with E-state index in [9.17, 15) is 9.90 Å². The van der Waals surface area contributed by atoms with Crippen molar-refractivity contribution in [3.8, 4) is 0 Å². The molecule has 0 radical (unpaired) electrons. The number of aliphatic hydroxyl groups excluding tert-OH is 1. The second-order valence-electron chi connectivity index (χ2n) is 5.48. The monoisotopic (exact) mass is 258 g/mol. The first-order valence-corrected chi connectivity index (χ1v) is 6.68. The number of hydrogen-bond donors (Lipinski definition) is 3. The zero-order valence-corrected chi connectivity index (χ0v) is 11.7. The molecule has 0 aromatic carbocycles. The van der Waals surface area contributed by atoms with Gasteiger partial charge in [-0.05, 0) is 31.8 Å². The van der Waals surface area contributed by atoms with E-state index in [4.69, 9.17) is 4.74 Å². The molecule has 18 heavy (non-hydrogen) atoms. The Morgan fingerprint density at radius 2 is 2.06 bits per heavy atom. The molecule has 1 aliphatic heterocycles. The van der Waals surface area contributed by atoms with E-state index in [1.165, 1.54) is 0 Å². The van der Waals surface area contributed by atoms with Crippen LogP contribution in [0.15, 0.2) is 0 Å². The fourth-order valence-electron chi connectivity index (χ4n) is 2.24. The normalized spacial score (nSPS) is 20.7. The maximum atomic E-state index is 12.3. The van der Waals surface area contributed by atoms with E-state index >= 15 is 0 Å². The molecule has 0 aromatic heterocycles. The van der Waals surface area contributed by atoms with Crippen molar-refractivity contribution in [3.05, 3.63) is 0 Å². The Morgan fingerprint density at radius 3 is 2.56 bits per heavy atom. The van der Waals surface area contributed by atoms with E-state index in [0.29, 0.717) is 13.2 Å². The highest BCUT2D eigenvalue weighted by Crippen LogP contribution is 2.29. The van der Waals surface area contributed by atoms with Gasteiger partial charge in [0.25, 0.3) is 0 Å². The number of amides is 1. The lowest BCUT2D eigenvalue weighted by molar-refractivity contribution is -0.136. The van der Waals surface area contributed by atoms with Crippen LogP contribution in [0.3, 0.4) is 0 Å². The van der Waals surface area contributed by atoms with Crippen LogP contribution in [-0.4, -0.2) is 50.5 Å². The molecule has 1 aliphatic rings. The van der Waals surface area contributed by atoms with Gasteiger partial charge in [-0.25, -0.2) is 0 Å². The van der Waals surface area contributed by atoms with Crippen LogP contribution in [0.1, 0.15) is 26.7 Å². The van der Waals surface area contributed by atoms with Crippen molar-refractivity contribution < 1.29 is 14.6 Å². The number of hydrogen-bond acceptors (Lipinski definition) is 4. The first kappa shape index (κ1) is 15.4. The van der Waals surface area contributed by atoms with Crippen LogP contribution in [-0.2, 0) is 9.53 Å². The summed E-state index contributed by atoms with van der Waals surface area (Å²) in [7, 11) is 1.63. The molecule has 0 bridgehead atoms. The summed E-state index contributed by atoms with van der Waals surface area (Å²) in [5.41, 5.74) is -0.434. The minimum atomic E-state index is -0.490. The molecule has 1 fully saturated rings. The summed E-state index contributed by atoms with van der Waals surface area (Å²) in [5.74, 6) is 0.155. The number of carbonyl (C=O) groups excluding carboxylic acids is 1. The van der Waals surface area contributed by atoms with Crippen molar-refractivity contribution in [2.24, 2.45) is 11.3 Å². The van der Waals surface area contributed by atoms with Crippen molar-refractivity contribution in [2.45, 2.75) is 32.8 Å². The highest BCUT2D eigenvalue weighted by atomic mass is 16.5. The van der Waals surface area contributed by atoms with Crippen molar-refractivity contribution in [3.63, 3.8) is 0 Å². The Hall–Kier alpha value is -0.650. The number of carbonyl (C=O) groups is 1. The SMILES string of the molecule is COCC1(C(=O)NCC(O)C(C)C)CCNCC1. The predicted molar refractivity (Wildman–Crippen MR) is 70.3 cm³/mol. The molecule has 0 aromatic rings. The summed E-state index contributed by atoms with van der Waals surface area (Å²) >= 11 is 0. The molecule has 5 heteroatoms. The third kappa shape index (κ3) is 3.93. The zero-order valence-electron chi connectivity index (χ0n) is 11.7. The largest absolute Gasteiger partial charge is 0.391 e. The van der Waals surface area contributed by atoms with E-state index in [1.807, 2.05) is 13.8 Å². The number of nitrogens with one attached hydrogen (secondary N) is 2. The molecule has 3 N–H and O–H groups in total. The van der Waals surface area contributed by atoms with Crippen LogP contribution in [0, 0.1) is 11.3 Å². The first-order chi connectivity index (χ1) is 8.52. The van der Waals surface area contributed by atoms with Gasteiger partial charge in [-0.2, -0.15) is 0 Å². The van der Waals surface area contributed by atoms with Gasteiger partial charge in [-0.1, -0.05) is 13.8 Å². The summed E-state index contributed by atoms with van der Waals surface area (Å²) in [6.45, 7) is 6.30. The van der Waals surface area contributed by atoms with Crippen molar-refractivity contribution in [1.82, 2.24) is 10.6 Å². The quantitative estimate of drug-likeness (QED) is 0.633. The van der Waals surface area contributed by atoms with E-state index in [2.05, 4.69) is 10.6 Å². The van der Waals surface area contributed by atoms with Gasteiger partial charge in [0.2, 0.25) is 5.91 Å². The molecular formula is C13H26N2O3. The standard InChI is InChI=1S/C13H26N2O3/c1-10(2)11(16)8-15-12(17)13(9-18-3)4-6-14-7-5-13/h10-11,14,16H,4-9H2,1-3H3,(H,15,17). The maximum absolute atomic E-state index is 12.3. The summed E-state index contributed by atoms with van der Waals surface area (Å²) in [6, 6.07) is 0. The second-order valence-corrected chi connectivity index (χ2v) is 5.48. The average molecular weight is 258 g/mol. The van der Waals surface area contributed by atoms with Crippen molar-refractivity contribution >= 4 is 5.91 Å². The van der Waals surface area contributed by atoms with E-state index in [-0.39, 0.29) is 11.8 Å². The maximum Gasteiger partial charge on any atom is 0.228 e. The minimum Gasteiger partial charge on any atom is -0.391 e. The van der Waals surface area contributed by atoms with Crippen LogP contribution in [0.4, 0.5) is 0 Å². The smallest absolute Gasteiger partial charge is 0.228 e. The average Bonchev–Trinajstić information content (AvgIpc) is 2.36. The van der Waals surface area contributed by atoms with Crippen LogP contribution < -0.4 is 10.6 Å². The zero-order chi connectivity index (χ0) is 13.6. The van der Waals surface area contributed by atoms with Gasteiger partial charge in [-0.15, -0.1) is 0 Å². The molecule has 0 aliphatic carbocycles. The highest BCUT2D eigenvalue weighted by molar-refractivity contribution is 5.83. The lowest BCUT2D eigenvalue weighted by Crippen LogP contribution is -2.51. The summed E-state index contributed by atoms with van der Waals surface area (Å²) < 4.78 is 5.21. The number of methoxy groups -OCH3 is 1. The van der Waals surface area contributed by atoms with Crippen molar-refractivity contribution in [2.75, 3.05) is 33.4 Å². The Bertz CT molecular complexity index is 257. The molecule has 1 heterocycles. The number of piperidine rings is 1. The predicted octanol–water partition coefficient (Wildman–Crippen LogP) is 0.136. The molecule has 0 spiro atoms. The summed E-state index contributed by atoms with van der Waals surface area (Å²) in [5, 5.41) is 15.8. The third-order valence-electron chi connectivity index (χ3n) is 3.70. The second kappa shape index (κ2) is 7.07. The lowest BCUT2D eigenvalue weighted by atomic mass is 9.78. The van der Waals surface area contributed by atoms with Crippen molar-refractivity contribution in [1.29, 1.82) is 0 Å². The Labute approximate surface area is 109 Å². The minimum absolute atomic E-state index is 0.00514. The molecule has 1 saturated heterocycles. The van der Waals surface area contributed by atoms with Crippen LogP contribution in [0.2, 0.25) is 0 Å². The molecule has 106 valence electrons. The number of ether oxygens (including phenoxy) is 1. The van der Waals surface area contributed by atoms with Crippen LogP contribution >= 0.6 is 0 Å². The topological polar surface area (TPSA) is 70.6 Å². The van der Waals surface area contributed by atoms with Gasteiger partial charge < -0.3 is 20.5 Å². The molecule has 1 unspecified atom stereocenters. The molecule has 5 nitrogen and oxygen atoms in total. The summed E-state index contributed by atoms with van der Waals surface area (Å²) in [4.78, 5) is 12.3. The Morgan fingerprint density at radius 1 is 1.44 bits per heavy atom. The van der Waals surface area contributed by atoms with Gasteiger partial charge in [0.05, 0.1) is 18.1 Å². The van der Waals surface area contributed by atoms with Gasteiger partial charge in [0.1, 0.15) is 0 Å². The molecule has 0 saturated carbocycles. The first-order valence-electron chi connectivity index (χ1n) is 6.68. The Balaban J connectivity index is 2.54. The molecule has 1 atom stereocenters. The van der Waals surface area contributed by atoms with Gasteiger partial charge in [0, 0.05) is 13.7 Å². The fourth-order valence-corrected chi connectivity index (χ4v) is 2.24. The van der Waals surface area contributed by atoms with Crippen LogP contribution in [0.25, 0.3) is 0 Å². The highest BCUT2D eigenvalue weighted by Gasteiger charge is 2.39. The van der Waals surface area contributed by atoms with Crippen LogP contribution in [0.5, 0.6) is 0 Å². The van der Waals surface area contributed by atoms with Gasteiger partial charge in [-0.3, -0.25) is 4.79 Å². The number of aliphatic hydroxyl groups is 1. The third-order valence-corrected chi connectivity index (χ3v) is 3.70. The van der Waals surface area contributed by atoms with Gasteiger partial charge in [0.15, 0.2) is 0 Å². The lowest BCUT2D eigenvalue weighted by Gasteiger charge is -2.35. The van der Waals surface area contributed by atoms with Gasteiger partial charge >= 0.3 is 0 Å². The fraction of sp³-hybridized carbons (Fsp3) is 0.923. The number of rotatable bonds is 6. The van der Waals surface area contributed by atoms with E-state index < -0.39 is 11.5 Å². The molecule has 1 amide bonds. The van der Waals surface area contributed by atoms with E-state index in [1.54, 1.807) is 7.11 Å². The van der Waals surface area contributed by atoms with E-state index in [0.717, 1.165) is 25.9 Å². The summed E-state index contributed by atoms with van der Waals surface area (Å²) in [6.07, 6.45) is 1.07.